The summed E-state index contributed by atoms with van der Waals surface area (Å²) in [7, 11) is -2.68. The van der Waals surface area contributed by atoms with Crippen LogP contribution in [0.4, 0.5) is 17.1 Å². The van der Waals surface area contributed by atoms with Crippen molar-refractivity contribution in [3.8, 4) is 17.3 Å². The highest BCUT2D eigenvalue weighted by Crippen LogP contribution is 2.42. The van der Waals surface area contributed by atoms with Gasteiger partial charge in [-0.05, 0) is 51.1 Å². The summed E-state index contributed by atoms with van der Waals surface area (Å²) in [6, 6.07) is 54.0. The third-order valence-electron chi connectivity index (χ3n) is 7.84. The van der Waals surface area contributed by atoms with Gasteiger partial charge in [-0.25, -0.2) is 0 Å². The predicted octanol–water partition coefficient (Wildman–Crippen LogP) is 5.78. The van der Waals surface area contributed by atoms with E-state index < -0.39 is 8.07 Å². The predicted molar refractivity (Wildman–Crippen MR) is 166 cm³/mol. The molecular weight excluding hydrogens is 503 g/mol. The van der Waals surface area contributed by atoms with E-state index in [2.05, 4.69) is 143 Å². The molecule has 0 aliphatic carbocycles. The van der Waals surface area contributed by atoms with E-state index in [0.29, 0.717) is 11.3 Å². The van der Waals surface area contributed by atoms with E-state index in [-0.39, 0.29) is 0 Å². The van der Waals surface area contributed by atoms with Crippen molar-refractivity contribution in [2.75, 3.05) is 4.90 Å². The Bertz CT molecular complexity index is 1790. The van der Waals surface area contributed by atoms with Crippen LogP contribution in [0.5, 0.6) is 0 Å². The summed E-state index contributed by atoms with van der Waals surface area (Å²) in [5.74, 6) is 0. The van der Waals surface area contributed by atoms with Crippen molar-refractivity contribution in [3.05, 3.63) is 157 Å². The lowest BCUT2D eigenvalue weighted by molar-refractivity contribution is 1.26. The number of nitriles is 1. The molecule has 0 unspecified atom stereocenters. The van der Waals surface area contributed by atoms with E-state index in [1.165, 1.54) is 20.7 Å². The first-order chi connectivity index (χ1) is 19.8. The molecule has 40 heavy (non-hydrogen) atoms. The SMILES string of the molecule is N#Cc1cccnc1-c1ccccc1N1c2ccccc2[Si](c2ccccc2)(c2ccccc2)c2ccccc21. The molecule has 1 aliphatic heterocycles. The smallest absolute Gasteiger partial charge is 0.184 e. The Morgan fingerprint density at radius 2 is 1.02 bits per heavy atom. The standard InChI is InChI=1S/C36H25N3Si/c37-26-27-14-13-25-38-36(27)30-19-7-8-20-31(30)39-32-21-9-11-23-34(32)40(28-15-3-1-4-16-28,29-17-5-2-6-18-29)35-24-12-10-22-33(35)39/h1-25H. The maximum Gasteiger partial charge on any atom is 0.184 e. The van der Waals surface area contributed by atoms with Gasteiger partial charge in [-0.15, -0.1) is 0 Å². The third-order valence-corrected chi connectivity index (χ3v) is 12.7. The molecule has 0 bridgehead atoms. The number of hydrogen-bond acceptors (Lipinski definition) is 3. The Morgan fingerprint density at radius 1 is 0.525 bits per heavy atom. The first-order valence-electron chi connectivity index (χ1n) is 13.4. The number of para-hydroxylation sites is 3. The van der Waals surface area contributed by atoms with Gasteiger partial charge < -0.3 is 4.90 Å². The molecule has 7 rings (SSSR count). The molecule has 6 aromatic rings. The average molecular weight is 528 g/mol. The van der Waals surface area contributed by atoms with Crippen LogP contribution in [0.25, 0.3) is 11.3 Å². The molecule has 0 saturated carbocycles. The lowest BCUT2D eigenvalue weighted by Gasteiger charge is -2.45. The highest BCUT2D eigenvalue weighted by atomic mass is 28.3. The lowest BCUT2D eigenvalue weighted by Crippen LogP contribution is -2.77. The fourth-order valence-electron chi connectivity index (χ4n) is 6.25. The number of hydrogen-bond donors (Lipinski definition) is 0. The fraction of sp³-hybridized carbons (Fsp3) is 0. The third kappa shape index (κ3) is 3.53. The number of benzene rings is 5. The zero-order chi connectivity index (χ0) is 26.9. The van der Waals surface area contributed by atoms with Crippen LogP contribution in [0.15, 0.2) is 152 Å². The molecule has 0 N–H and O–H groups in total. The van der Waals surface area contributed by atoms with Crippen LogP contribution in [0, 0.1) is 11.3 Å². The van der Waals surface area contributed by atoms with Crippen molar-refractivity contribution in [1.29, 1.82) is 5.26 Å². The van der Waals surface area contributed by atoms with Gasteiger partial charge in [0.05, 0.1) is 16.9 Å². The van der Waals surface area contributed by atoms with E-state index in [0.717, 1.165) is 22.6 Å². The first kappa shape index (κ1) is 23.8. The van der Waals surface area contributed by atoms with Crippen LogP contribution in [0.2, 0.25) is 0 Å². The second kappa shape index (κ2) is 9.81. The number of fused-ring (bicyclic) bond motifs is 2. The van der Waals surface area contributed by atoms with Crippen molar-refractivity contribution in [3.63, 3.8) is 0 Å². The van der Waals surface area contributed by atoms with E-state index in [9.17, 15) is 5.26 Å². The maximum absolute atomic E-state index is 9.92. The van der Waals surface area contributed by atoms with Gasteiger partial charge in [0, 0.05) is 23.1 Å². The van der Waals surface area contributed by atoms with Gasteiger partial charge in [-0.2, -0.15) is 5.26 Å². The summed E-state index contributed by atoms with van der Waals surface area (Å²) in [5.41, 5.74) is 5.49. The molecule has 4 heteroatoms. The molecule has 0 saturated heterocycles. The van der Waals surface area contributed by atoms with E-state index in [1.807, 2.05) is 18.2 Å². The summed E-state index contributed by atoms with van der Waals surface area (Å²) in [4.78, 5) is 7.04. The summed E-state index contributed by atoms with van der Waals surface area (Å²) in [6.45, 7) is 0. The summed E-state index contributed by atoms with van der Waals surface area (Å²) in [6.07, 6.45) is 1.76. The molecule has 2 heterocycles. The maximum atomic E-state index is 9.92. The Balaban J connectivity index is 1.59. The number of anilines is 3. The zero-order valence-corrected chi connectivity index (χ0v) is 22.8. The molecule has 188 valence electrons. The molecule has 3 nitrogen and oxygen atoms in total. The van der Waals surface area contributed by atoms with Crippen molar-refractivity contribution in [1.82, 2.24) is 4.98 Å². The van der Waals surface area contributed by atoms with Crippen LogP contribution in [-0.2, 0) is 0 Å². The second-order valence-corrected chi connectivity index (χ2v) is 13.6. The van der Waals surface area contributed by atoms with Gasteiger partial charge >= 0.3 is 0 Å². The second-order valence-electron chi connectivity index (χ2n) is 9.88. The van der Waals surface area contributed by atoms with Crippen LogP contribution in [-0.4, -0.2) is 13.1 Å². The quantitative estimate of drug-likeness (QED) is 0.273. The van der Waals surface area contributed by atoms with E-state index in [4.69, 9.17) is 0 Å². The van der Waals surface area contributed by atoms with Crippen molar-refractivity contribution in [2.24, 2.45) is 0 Å². The number of nitrogens with zero attached hydrogens (tertiary/aromatic N) is 3. The Hall–Kier alpha value is -5.24. The monoisotopic (exact) mass is 527 g/mol. The van der Waals surface area contributed by atoms with E-state index >= 15 is 0 Å². The van der Waals surface area contributed by atoms with Crippen LogP contribution >= 0.6 is 0 Å². The van der Waals surface area contributed by atoms with Crippen molar-refractivity contribution in [2.45, 2.75) is 0 Å². The molecule has 1 aromatic heterocycles. The molecule has 0 fully saturated rings. The van der Waals surface area contributed by atoms with Crippen LogP contribution < -0.4 is 25.6 Å². The minimum Gasteiger partial charge on any atom is -0.310 e. The van der Waals surface area contributed by atoms with Gasteiger partial charge in [-0.1, -0.05) is 115 Å². The average Bonchev–Trinajstić information content (AvgIpc) is 3.04. The first-order valence-corrected chi connectivity index (χ1v) is 15.4. The van der Waals surface area contributed by atoms with Crippen molar-refractivity contribution < 1.29 is 0 Å². The molecule has 0 atom stereocenters. The van der Waals surface area contributed by atoms with Crippen LogP contribution in [0.1, 0.15) is 5.56 Å². The topological polar surface area (TPSA) is 39.9 Å². The molecule has 1 aliphatic rings. The Kier molecular flexibility index (Phi) is 5.85. The molecule has 5 aromatic carbocycles. The largest absolute Gasteiger partial charge is 0.310 e. The molecule has 0 radical (unpaired) electrons. The number of aromatic nitrogens is 1. The van der Waals surface area contributed by atoms with Crippen molar-refractivity contribution >= 4 is 45.9 Å². The van der Waals surface area contributed by atoms with Gasteiger partial charge in [0.2, 0.25) is 0 Å². The van der Waals surface area contributed by atoms with Gasteiger partial charge in [0.25, 0.3) is 0 Å². The van der Waals surface area contributed by atoms with Gasteiger partial charge in [-0.3, -0.25) is 4.98 Å². The van der Waals surface area contributed by atoms with Crippen LogP contribution in [0.3, 0.4) is 0 Å². The summed E-state index contributed by atoms with van der Waals surface area (Å²) < 4.78 is 0. The lowest BCUT2D eigenvalue weighted by atomic mass is 10.0. The number of pyridine rings is 1. The fourth-order valence-corrected chi connectivity index (χ4v) is 11.4. The summed E-state index contributed by atoms with van der Waals surface area (Å²) in [5, 5.41) is 15.3. The van der Waals surface area contributed by atoms with E-state index in [1.54, 1.807) is 6.20 Å². The molecule has 0 amide bonds. The highest BCUT2D eigenvalue weighted by molar-refractivity contribution is 7.21. The normalized spacial score (nSPS) is 13.1. The molecular formula is C36H25N3Si. The van der Waals surface area contributed by atoms with Gasteiger partial charge in [0.15, 0.2) is 8.07 Å². The zero-order valence-electron chi connectivity index (χ0n) is 21.8. The highest BCUT2D eigenvalue weighted by Gasteiger charge is 2.48. The Morgan fingerprint density at radius 3 is 1.60 bits per heavy atom. The minimum absolute atomic E-state index is 0.561. The minimum atomic E-state index is -2.68. The summed E-state index contributed by atoms with van der Waals surface area (Å²) >= 11 is 0. The van der Waals surface area contributed by atoms with Gasteiger partial charge in [0.1, 0.15) is 6.07 Å². The number of rotatable bonds is 4. The molecule has 0 spiro atoms. The Labute approximate surface area is 235 Å².